The highest BCUT2D eigenvalue weighted by Gasteiger charge is 2.28. The summed E-state index contributed by atoms with van der Waals surface area (Å²) in [4.78, 5) is 2.82. The van der Waals surface area contributed by atoms with Crippen molar-refractivity contribution in [2.75, 3.05) is 32.7 Å². The molecule has 0 bridgehead atoms. The molecule has 8 heteroatoms. The molecule has 0 spiro atoms. The van der Waals surface area contributed by atoms with Gasteiger partial charge in [-0.15, -0.1) is 0 Å². The van der Waals surface area contributed by atoms with Crippen molar-refractivity contribution in [2.24, 2.45) is 5.73 Å². The van der Waals surface area contributed by atoms with E-state index in [0.717, 1.165) is 4.47 Å². The third kappa shape index (κ3) is 3.76. The lowest BCUT2D eigenvalue weighted by atomic mass is 10.3. The van der Waals surface area contributed by atoms with Crippen molar-refractivity contribution < 1.29 is 8.42 Å². The summed E-state index contributed by atoms with van der Waals surface area (Å²) in [6, 6.07) is 6.76. The number of rotatable bonds is 4. The van der Waals surface area contributed by atoms with Crippen molar-refractivity contribution in [1.82, 2.24) is 9.21 Å². The van der Waals surface area contributed by atoms with E-state index >= 15 is 0 Å². The van der Waals surface area contributed by atoms with Gasteiger partial charge in [-0.1, -0.05) is 34.2 Å². The van der Waals surface area contributed by atoms with Crippen molar-refractivity contribution in [1.29, 1.82) is 0 Å². The second-order valence-corrected chi connectivity index (χ2v) is 7.98. The van der Waals surface area contributed by atoms with Crippen LogP contribution in [0, 0.1) is 0 Å². The summed E-state index contributed by atoms with van der Waals surface area (Å²) >= 11 is 8.17. The normalized spacial score (nSPS) is 18.1. The first-order valence-corrected chi connectivity index (χ1v) is 8.80. The largest absolute Gasteiger partial charge is 0.392 e. The summed E-state index contributed by atoms with van der Waals surface area (Å²) in [6.45, 7) is 2.74. The molecular formula is C12H16BrN3O2S2. The van der Waals surface area contributed by atoms with Crippen molar-refractivity contribution in [3.63, 3.8) is 0 Å². The molecule has 1 aromatic rings. The number of benzene rings is 1. The second kappa shape index (κ2) is 6.48. The second-order valence-electron chi connectivity index (χ2n) is 4.60. The SMILES string of the molecule is NC(=S)CN1CCN(S(=O)(=O)c2cccc(Br)c2)CC1. The van der Waals surface area contributed by atoms with Crippen LogP contribution in [0.3, 0.4) is 0 Å². The molecule has 0 aliphatic carbocycles. The minimum Gasteiger partial charge on any atom is -0.392 e. The van der Waals surface area contributed by atoms with Gasteiger partial charge in [0.15, 0.2) is 0 Å². The molecule has 0 atom stereocenters. The molecule has 1 aliphatic rings. The number of nitrogens with two attached hydrogens (primary N) is 1. The minimum atomic E-state index is -3.42. The smallest absolute Gasteiger partial charge is 0.243 e. The number of piperazine rings is 1. The Morgan fingerprint density at radius 1 is 1.30 bits per heavy atom. The molecule has 0 radical (unpaired) electrons. The number of nitrogens with zero attached hydrogens (tertiary/aromatic N) is 2. The number of hydrogen-bond donors (Lipinski definition) is 1. The first kappa shape index (κ1) is 15.8. The van der Waals surface area contributed by atoms with Gasteiger partial charge in [-0.05, 0) is 18.2 Å². The van der Waals surface area contributed by atoms with Gasteiger partial charge in [-0.2, -0.15) is 4.31 Å². The molecule has 1 heterocycles. The van der Waals surface area contributed by atoms with Crippen LogP contribution >= 0.6 is 28.1 Å². The summed E-state index contributed by atoms with van der Waals surface area (Å²) < 4.78 is 27.3. The zero-order valence-electron chi connectivity index (χ0n) is 10.8. The first-order valence-electron chi connectivity index (χ1n) is 6.16. The highest BCUT2D eigenvalue weighted by atomic mass is 79.9. The lowest BCUT2D eigenvalue weighted by Gasteiger charge is -2.33. The fourth-order valence-corrected chi connectivity index (χ4v) is 4.33. The molecule has 110 valence electrons. The topological polar surface area (TPSA) is 66.6 Å². The molecule has 0 aromatic heterocycles. The zero-order valence-corrected chi connectivity index (χ0v) is 14.0. The van der Waals surface area contributed by atoms with E-state index in [0.29, 0.717) is 42.6 Å². The van der Waals surface area contributed by atoms with Gasteiger partial charge in [0.1, 0.15) is 0 Å². The molecule has 2 N–H and O–H groups in total. The van der Waals surface area contributed by atoms with E-state index in [-0.39, 0.29) is 0 Å². The van der Waals surface area contributed by atoms with Crippen LogP contribution in [0.4, 0.5) is 0 Å². The molecular weight excluding hydrogens is 362 g/mol. The third-order valence-electron chi connectivity index (χ3n) is 3.14. The highest BCUT2D eigenvalue weighted by Crippen LogP contribution is 2.21. The van der Waals surface area contributed by atoms with Crippen molar-refractivity contribution >= 4 is 43.2 Å². The lowest BCUT2D eigenvalue weighted by Crippen LogP contribution is -2.50. The minimum absolute atomic E-state index is 0.315. The van der Waals surface area contributed by atoms with E-state index in [2.05, 4.69) is 20.8 Å². The Bertz CT molecular complexity index is 598. The van der Waals surface area contributed by atoms with Gasteiger partial charge in [0, 0.05) is 37.2 Å². The Hall–Kier alpha value is -0.540. The van der Waals surface area contributed by atoms with E-state index in [1.165, 1.54) is 4.31 Å². The number of hydrogen-bond acceptors (Lipinski definition) is 4. The van der Waals surface area contributed by atoms with Crippen LogP contribution in [0.5, 0.6) is 0 Å². The summed E-state index contributed by atoms with van der Waals surface area (Å²) in [6.07, 6.45) is 0. The predicted molar refractivity (Wildman–Crippen MR) is 86.1 cm³/mol. The van der Waals surface area contributed by atoms with Gasteiger partial charge >= 0.3 is 0 Å². The molecule has 0 unspecified atom stereocenters. The van der Waals surface area contributed by atoms with E-state index in [4.69, 9.17) is 18.0 Å². The Labute approximate surface area is 132 Å². The Balaban J connectivity index is 2.08. The molecule has 1 saturated heterocycles. The van der Waals surface area contributed by atoms with E-state index in [1.54, 1.807) is 24.3 Å². The summed E-state index contributed by atoms with van der Waals surface area (Å²) in [5.74, 6) is 0. The summed E-state index contributed by atoms with van der Waals surface area (Å²) in [7, 11) is -3.42. The standard InChI is InChI=1S/C12H16BrN3O2S2/c13-10-2-1-3-11(8-10)20(17,18)16-6-4-15(5-7-16)9-12(14)19/h1-3,8H,4-7,9H2,(H2,14,19). The fourth-order valence-electron chi connectivity index (χ4n) is 2.12. The third-order valence-corrected chi connectivity index (χ3v) is 5.66. The molecule has 1 fully saturated rings. The number of sulfonamides is 1. The van der Waals surface area contributed by atoms with E-state index < -0.39 is 10.0 Å². The molecule has 0 amide bonds. The van der Waals surface area contributed by atoms with Crippen LogP contribution in [0.1, 0.15) is 0 Å². The molecule has 20 heavy (non-hydrogen) atoms. The number of thiocarbonyl (C=S) groups is 1. The Kier molecular flexibility index (Phi) is 5.14. The Morgan fingerprint density at radius 3 is 2.50 bits per heavy atom. The molecule has 1 aliphatic heterocycles. The highest BCUT2D eigenvalue weighted by molar-refractivity contribution is 9.10. The van der Waals surface area contributed by atoms with Gasteiger partial charge in [0.25, 0.3) is 0 Å². The van der Waals surface area contributed by atoms with Gasteiger partial charge < -0.3 is 5.73 Å². The maximum Gasteiger partial charge on any atom is 0.243 e. The molecule has 5 nitrogen and oxygen atoms in total. The monoisotopic (exact) mass is 377 g/mol. The van der Waals surface area contributed by atoms with Crippen molar-refractivity contribution in [2.45, 2.75) is 4.90 Å². The molecule has 0 saturated carbocycles. The fraction of sp³-hybridized carbons (Fsp3) is 0.417. The van der Waals surface area contributed by atoms with E-state index in [9.17, 15) is 8.42 Å². The van der Waals surface area contributed by atoms with Crippen molar-refractivity contribution in [3.05, 3.63) is 28.7 Å². The zero-order chi connectivity index (χ0) is 14.8. The van der Waals surface area contributed by atoms with Crippen LogP contribution in [-0.2, 0) is 10.0 Å². The van der Waals surface area contributed by atoms with Crippen LogP contribution < -0.4 is 5.73 Å². The Morgan fingerprint density at radius 2 is 1.95 bits per heavy atom. The number of halogens is 1. The van der Waals surface area contributed by atoms with Crippen LogP contribution in [-0.4, -0.2) is 55.3 Å². The maximum atomic E-state index is 12.5. The summed E-state index contributed by atoms with van der Waals surface area (Å²) in [5, 5.41) is 0. The van der Waals surface area contributed by atoms with Crippen LogP contribution in [0.25, 0.3) is 0 Å². The molecule has 2 rings (SSSR count). The summed E-state index contributed by atoms with van der Waals surface area (Å²) in [5.41, 5.74) is 5.50. The first-order chi connectivity index (χ1) is 9.39. The van der Waals surface area contributed by atoms with Crippen LogP contribution in [0.15, 0.2) is 33.6 Å². The van der Waals surface area contributed by atoms with Gasteiger partial charge in [-0.3, -0.25) is 4.90 Å². The quantitative estimate of drug-likeness (QED) is 0.794. The van der Waals surface area contributed by atoms with Gasteiger partial charge in [-0.25, -0.2) is 8.42 Å². The van der Waals surface area contributed by atoms with Gasteiger partial charge in [0.05, 0.1) is 9.88 Å². The average Bonchev–Trinajstić information content (AvgIpc) is 2.38. The predicted octanol–water partition coefficient (Wildman–Crippen LogP) is 1.04. The molecule has 1 aromatic carbocycles. The average molecular weight is 378 g/mol. The maximum absolute atomic E-state index is 12.5. The van der Waals surface area contributed by atoms with Crippen molar-refractivity contribution in [3.8, 4) is 0 Å². The van der Waals surface area contributed by atoms with Gasteiger partial charge in [0.2, 0.25) is 10.0 Å². The van der Waals surface area contributed by atoms with Crippen LogP contribution in [0.2, 0.25) is 0 Å². The van der Waals surface area contributed by atoms with E-state index in [1.807, 2.05) is 0 Å². The lowest BCUT2D eigenvalue weighted by molar-refractivity contribution is 0.209.